The van der Waals surface area contributed by atoms with Gasteiger partial charge in [0, 0.05) is 12.7 Å². The number of aromatic carboxylic acids is 1. The zero-order valence-corrected chi connectivity index (χ0v) is 10.7. The van der Waals surface area contributed by atoms with E-state index in [1.165, 1.54) is 0 Å². The van der Waals surface area contributed by atoms with Crippen LogP contribution in [0.2, 0.25) is 0 Å². The summed E-state index contributed by atoms with van der Waals surface area (Å²) in [7, 11) is 0. The average Bonchev–Trinajstić information content (AvgIpc) is 2.86. The fourth-order valence-electron chi connectivity index (χ4n) is 1.63. The number of anilines is 1. The van der Waals surface area contributed by atoms with E-state index >= 15 is 0 Å². The maximum Gasteiger partial charge on any atom is 0.339 e. The number of nitrogens with zero attached hydrogens (tertiary/aromatic N) is 5. The molecular weight excluding hydrogens is 248 g/mol. The molecule has 0 bridgehead atoms. The first-order valence-corrected chi connectivity index (χ1v) is 5.74. The SMILES string of the molecule is Cc1nnc(NCCn2ccnn2)c(C(=O)O)c1C. The normalized spacial score (nSPS) is 10.4. The zero-order valence-electron chi connectivity index (χ0n) is 10.7. The number of aryl methyl sites for hydroxylation is 1. The predicted molar refractivity (Wildman–Crippen MR) is 67.0 cm³/mol. The quantitative estimate of drug-likeness (QED) is 0.807. The second kappa shape index (κ2) is 5.42. The molecule has 8 nitrogen and oxygen atoms in total. The van der Waals surface area contributed by atoms with E-state index in [0.29, 0.717) is 24.3 Å². The van der Waals surface area contributed by atoms with Crippen LogP contribution >= 0.6 is 0 Å². The van der Waals surface area contributed by atoms with Crippen LogP contribution in [0.3, 0.4) is 0 Å². The molecule has 0 radical (unpaired) electrons. The van der Waals surface area contributed by atoms with Crippen LogP contribution in [0.4, 0.5) is 5.82 Å². The fraction of sp³-hybridized carbons (Fsp3) is 0.364. The zero-order chi connectivity index (χ0) is 13.8. The number of carboxylic acids is 1. The van der Waals surface area contributed by atoms with Crippen LogP contribution in [-0.4, -0.2) is 42.8 Å². The summed E-state index contributed by atoms with van der Waals surface area (Å²) in [5, 5.41) is 27.5. The second-order valence-corrected chi connectivity index (χ2v) is 4.03. The smallest absolute Gasteiger partial charge is 0.339 e. The molecule has 100 valence electrons. The number of hydrogen-bond acceptors (Lipinski definition) is 6. The van der Waals surface area contributed by atoms with Crippen molar-refractivity contribution in [3.05, 3.63) is 29.2 Å². The Balaban J connectivity index is 2.11. The Morgan fingerprint density at radius 2 is 2.21 bits per heavy atom. The van der Waals surface area contributed by atoms with E-state index in [1.54, 1.807) is 30.9 Å². The van der Waals surface area contributed by atoms with Crippen molar-refractivity contribution >= 4 is 11.8 Å². The highest BCUT2D eigenvalue weighted by Crippen LogP contribution is 2.17. The van der Waals surface area contributed by atoms with Crippen LogP contribution in [0.25, 0.3) is 0 Å². The molecule has 0 saturated carbocycles. The summed E-state index contributed by atoms with van der Waals surface area (Å²) < 4.78 is 1.64. The molecule has 2 aromatic heterocycles. The maximum absolute atomic E-state index is 11.3. The van der Waals surface area contributed by atoms with Gasteiger partial charge in [-0.25, -0.2) is 4.79 Å². The molecule has 2 rings (SSSR count). The Morgan fingerprint density at radius 3 is 2.84 bits per heavy atom. The van der Waals surface area contributed by atoms with Gasteiger partial charge in [-0.3, -0.25) is 4.68 Å². The molecule has 0 amide bonds. The molecule has 2 aromatic rings. The highest BCUT2D eigenvalue weighted by molar-refractivity contribution is 5.94. The van der Waals surface area contributed by atoms with Crippen LogP contribution in [0, 0.1) is 13.8 Å². The standard InChI is InChI=1S/C11H14N6O2/c1-7-8(2)14-15-10(9(7)11(18)19)12-3-5-17-6-4-13-16-17/h4,6H,3,5H2,1-2H3,(H,12,15)(H,18,19). The van der Waals surface area contributed by atoms with Gasteiger partial charge in [0.2, 0.25) is 0 Å². The molecule has 0 atom stereocenters. The van der Waals surface area contributed by atoms with Gasteiger partial charge >= 0.3 is 5.97 Å². The molecule has 0 spiro atoms. The molecule has 0 unspecified atom stereocenters. The fourth-order valence-corrected chi connectivity index (χ4v) is 1.63. The van der Waals surface area contributed by atoms with Gasteiger partial charge in [0.05, 0.1) is 18.4 Å². The van der Waals surface area contributed by atoms with Crippen molar-refractivity contribution in [2.45, 2.75) is 20.4 Å². The lowest BCUT2D eigenvalue weighted by Crippen LogP contribution is -2.16. The summed E-state index contributed by atoms with van der Waals surface area (Å²) in [6.45, 7) is 4.50. The highest BCUT2D eigenvalue weighted by Gasteiger charge is 2.17. The minimum Gasteiger partial charge on any atom is -0.478 e. The van der Waals surface area contributed by atoms with E-state index in [4.69, 9.17) is 0 Å². The lowest BCUT2D eigenvalue weighted by molar-refractivity contribution is 0.0696. The summed E-state index contributed by atoms with van der Waals surface area (Å²) in [5.74, 6) is -0.741. The molecule has 0 aliphatic rings. The van der Waals surface area contributed by atoms with Crippen molar-refractivity contribution in [1.29, 1.82) is 0 Å². The van der Waals surface area contributed by atoms with Gasteiger partial charge in [0.25, 0.3) is 0 Å². The number of carboxylic acid groups (broad SMARTS) is 1. The molecule has 0 aliphatic carbocycles. The minimum absolute atomic E-state index is 0.158. The third kappa shape index (κ3) is 2.84. The highest BCUT2D eigenvalue weighted by atomic mass is 16.4. The number of nitrogens with one attached hydrogen (secondary N) is 1. The molecule has 0 aliphatic heterocycles. The molecule has 2 N–H and O–H groups in total. The van der Waals surface area contributed by atoms with E-state index in [-0.39, 0.29) is 11.4 Å². The van der Waals surface area contributed by atoms with E-state index in [1.807, 2.05) is 0 Å². The summed E-state index contributed by atoms with van der Waals surface area (Å²) >= 11 is 0. The molecular formula is C11H14N6O2. The van der Waals surface area contributed by atoms with Crippen molar-refractivity contribution in [2.75, 3.05) is 11.9 Å². The molecule has 0 saturated heterocycles. The first-order chi connectivity index (χ1) is 9.09. The van der Waals surface area contributed by atoms with Crippen molar-refractivity contribution in [3.8, 4) is 0 Å². The Kier molecular flexibility index (Phi) is 3.69. The molecule has 2 heterocycles. The van der Waals surface area contributed by atoms with Gasteiger partial charge in [0.1, 0.15) is 5.56 Å². The predicted octanol–water partition coefficient (Wildman–Crippen LogP) is 0.495. The van der Waals surface area contributed by atoms with Gasteiger partial charge in [-0.1, -0.05) is 5.21 Å². The molecule has 0 fully saturated rings. The monoisotopic (exact) mass is 262 g/mol. The van der Waals surface area contributed by atoms with E-state index in [2.05, 4.69) is 25.8 Å². The topological polar surface area (TPSA) is 106 Å². The van der Waals surface area contributed by atoms with E-state index in [0.717, 1.165) is 0 Å². The van der Waals surface area contributed by atoms with Crippen molar-refractivity contribution < 1.29 is 9.90 Å². The molecule has 0 aromatic carbocycles. The third-order valence-corrected chi connectivity index (χ3v) is 2.77. The first-order valence-electron chi connectivity index (χ1n) is 5.74. The number of hydrogen-bond donors (Lipinski definition) is 2. The van der Waals surface area contributed by atoms with Crippen LogP contribution in [0.1, 0.15) is 21.6 Å². The number of rotatable bonds is 5. The Labute approximate surface area is 109 Å². The van der Waals surface area contributed by atoms with E-state index in [9.17, 15) is 9.90 Å². The lowest BCUT2D eigenvalue weighted by Gasteiger charge is -2.11. The Bertz CT molecular complexity index is 581. The van der Waals surface area contributed by atoms with Gasteiger partial charge in [0.15, 0.2) is 5.82 Å². The van der Waals surface area contributed by atoms with Crippen molar-refractivity contribution in [1.82, 2.24) is 25.2 Å². The van der Waals surface area contributed by atoms with Crippen molar-refractivity contribution in [2.24, 2.45) is 0 Å². The van der Waals surface area contributed by atoms with Crippen LogP contribution in [0.5, 0.6) is 0 Å². The summed E-state index contributed by atoms with van der Waals surface area (Å²) in [6.07, 6.45) is 3.31. The second-order valence-electron chi connectivity index (χ2n) is 4.03. The Morgan fingerprint density at radius 1 is 1.42 bits per heavy atom. The Hall–Kier alpha value is -2.51. The number of carbonyl (C=O) groups is 1. The largest absolute Gasteiger partial charge is 0.478 e. The maximum atomic E-state index is 11.3. The lowest BCUT2D eigenvalue weighted by atomic mass is 10.1. The third-order valence-electron chi connectivity index (χ3n) is 2.77. The van der Waals surface area contributed by atoms with Gasteiger partial charge < -0.3 is 10.4 Å². The van der Waals surface area contributed by atoms with Gasteiger partial charge in [-0.2, -0.15) is 5.10 Å². The van der Waals surface area contributed by atoms with Crippen LogP contribution < -0.4 is 5.32 Å². The van der Waals surface area contributed by atoms with Crippen molar-refractivity contribution in [3.63, 3.8) is 0 Å². The summed E-state index contributed by atoms with van der Waals surface area (Å²) in [4.78, 5) is 11.3. The average molecular weight is 262 g/mol. The summed E-state index contributed by atoms with van der Waals surface area (Å²) in [5.41, 5.74) is 1.39. The number of aromatic nitrogens is 5. The van der Waals surface area contributed by atoms with Crippen LogP contribution in [-0.2, 0) is 6.54 Å². The van der Waals surface area contributed by atoms with E-state index < -0.39 is 5.97 Å². The minimum atomic E-state index is -1.02. The first kappa shape index (κ1) is 12.9. The molecule has 19 heavy (non-hydrogen) atoms. The van der Waals surface area contributed by atoms with Gasteiger partial charge in [-0.05, 0) is 19.4 Å². The summed E-state index contributed by atoms with van der Waals surface area (Å²) in [6, 6.07) is 0. The molecule has 8 heteroatoms. The van der Waals surface area contributed by atoms with Gasteiger partial charge in [-0.15, -0.1) is 10.2 Å². The van der Waals surface area contributed by atoms with Crippen LogP contribution in [0.15, 0.2) is 12.4 Å².